The molecule has 12 heavy (non-hydrogen) atoms. The van der Waals surface area contributed by atoms with Crippen molar-refractivity contribution in [2.45, 2.75) is 39.5 Å². The van der Waals surface area contributed by atoms with Crippen LogP contribution in [-0.2, 0) is 4.79 Å². The molecular formula is C10H18O2. The molecule has 0 amide bonds. The van der Waals surface area contributed by atoms with Crippen LogP contribution in [0.1, 0.15) is 39.5 Å². The first-order valence-electron chi connectivity index (χ1n) is 4.85. The van der Waals surface area contributed by atoms with Crippen molar-refractivity contribution in [3.05, 3.63) is 0 Å². The van der Waals surface area contributed by atoms with Crippen LogP contribution in [0.2, 0.25) is 0 Å². The Labute approximate surface area is 74.0 Å². The summed E-state index contributed by atoms with van der Waals surface area (Å²) in [6.45, 7) is 4.26. The van der Waals surface area contributed by atoms with Gasteiger partial charge in [0.25, 0.3) is 0 Å². The summed E-state index contributed by atoms with van der Waals surface area (Å²) >= 11 is 0. The minimum absolute atomic E-state index is 0.0706. The summed E-state index contributed by atoms with van der Waals surface area (Å²) in [5, 5.41) is 8.96. The van der Waals surface area contributed by atoms with Crippen molar-refractivity contribution < 1.29 is 9.90 Å². The summed E-state index contributed by atoms with van der Waals surface area (Å²) in [7, 11) is 0. The molecule has 2 atom stereocenters. The van der Waals surface area contributed by atoms with Crippen LogP contribution < -0.4 is 0 Å². The SMILES string of the molecule is CC(C)C1CCCCC1C(=O)O. The van der Waals surface area contributed by atoms with Gasteiger partial charge >= 0.3 is 5.97 Å². The van der Waals surface area contributed by atoms with E-state index in [-0.39, 0.29) is 5.92 Å². The van der Waals surface area contributed by atoms with Crippen LogP contribution in [0.3, 0.4) is 0 Å². The summed E-state index contributed by atoms with van der Waals surface area (Å²) < 4.78 is 0. The fraction of sp³-hybridized carbons (Fsp3) is 0.900. The average molecular weight is 170 g/mol. The van der Waals surface area contributed by atoms with Crippen LogP contribution in [0, 0.1) is 17.8 Å². The average Bonchev–Trinajstić information content (AvgIpc) is 2.04. The van der Waals surface area contributed by atoms with Crippen LogP contribution in [0.25, 0.3) is 0 Å². The molecule has 0 heterocycles. The van der Waals surface area contributed by atoms with Crippen molar-refractivity contribution in [3.8, 4) is 0 Å². The highest BCUT2D eigenvalue weighted by molar-refractivity contribution is 5.70. The quantitative estimate of drug-likeness (QED) is 0.691. The van der Waals surface area contributed by atoms with Crippen molar-refractivity contribution >= 4 is 5.97 Å². The summed E-state index contributed by atoms with van der Waals surface area (Å²) in [6, 6.07) is 0. The number of aliphatic carboxylic acids is 1. The molecule has 2 nitrogen and oxygen atoms in total. The fourth-order valence-corrected chi connectivity index (χ4v) is 2.26. The molecule has 1 aliphatic carbocycles. The van der Waals surface area contributed by atoms with Crippen molar-refractivity contribution in [1.82, 2.24) is 0 Å². The monoisotopic (exact) mass is 170 g/mol. The summed E-state index contributed by atoms with van der Waals surface area (Å²) in [6.07, 6.45) is 4.31. The van der Waals surface area contributed by atoms with E-state index < -0.39 is 5.97 Å². The van der Waals surface area contributed by atoms with Gasteiger partial charge in [-0.2, -0.15) is 0 Å². The van der Waals surface area contributed by atoms with Crippen molar-refractivity contribution in [3.63, 3.8) is 0 Å². The summed E-state index contributed by atoms with van der Waals surface area (Å²) in [5.74, 6) is 0.273. The molecule has 0 radical (unpaired) electrons. The Bertz CT molecular complexity index is 163. The zero-order valence-corrected chi connectivity index (χ0v) is 7.92. The van der Waals surface area contributed by atoms with Gasteiger partial charge < -0.3 is 5.11 Å². The molecular weight excluding hydrogens is 152 g/mol. The van der Waals surface area contributed by atoms with E-state index in [1.165, 1.54) is 6.42 Å². The van der Waals surface area contributed by atoms with Crippen LogP contribution in [0.5, 0.6) is 0 Å². The number of carbonyl (C=O) groups is 1. The number of hydrogen-bond acceptors (Lipinski definition) is 1. The van der Waals surface area contributed by atoms with Crippen molar-refractivity contribution in [1.29, 1.82) is 0 Å². The van der Waals surface area contributed by atoms with E-state index in [1.807, 2.05) is 0 Å². The second-order valence-corrected chi connectivity index (χ2v) is 4.14. The van der Waals surface area contributed by atoms with Crippen LogP contribution >= 0.6 is 0 Å². The van der Waals surface area contributed by atoms with Crippen LogP contribution in [-0.4, -0.2) is 11.1 Å². The lowest BCUT2D eigenvalue weighted by Crippen LogP contribution is -2.30. The zero-order chi connectivity index (χ0) is 9.14. The van der Waals surface area contributed by atoms with Gasteiger partial charge in [-0.05, 0) is 24.7 Å². The zero-order valence-electron chi connectivity index (χ0n) is 7.92. The second-order valence-electron chi connectivity index (χ2n) is 4.14. The lowest BCUT2D eigenvalue weighted by molar-refractivity contribution is -0.145. The Morgan fingerprint density at radius 1 is 1.33 bits per heavy atom. The summed E-state index contributed by atoms with van der Waals surface area (Å²) in [4.78, 5) is 10.9. The third-order valence-corrected chi connectivity index (χ3v) is 2.99. The van der Waals surface area contributed by atoms with Gasteiger partial charge in [0, 0.05) is 0 Å². The third kappa shape index (κ3) is 1.99. The smallest absolute Gasteiger partial charge is 0.306 e. The lowest BCUT2D eigenvalue weighted by atomic mass is 9.73. The van der Waals surface area contributed by atoms with E-state index in [9.17, 15) is 4.79 Å². The van der Waals surface area contributed by atoms with E-state index in [1.54, 1.807) is 0 Å². The Hall–Kier alpha value is -0.530. The van der Waals surface area contributed by atoms with E-state index in [0.717, 1.165) is 19.3 Å². The van der Waals surface area contributed by atoms with Gasteiger partial charge in [0.15, 0.2) is 0 Å². The molecule has 1 rings (SSSR count). The predicted molar refractivity (Wildman–Crippen MR) is 47.9 cm³/mol. The first-order chi connectivity index (χ1) is 5.63. The van der Waals surface area contributed by atoms with Gasteiger partial charge in [0.2, 0.25) is 0 Å². The van der Waals surface area contributed by atoms with Gasteiger partial charge in [-0.25, -0.2) is 0 Å². The molecule has 0 spiro atoms. The minimum atomic E-state index is -0.589. The predicted octanol–water partition coefficient (Wildman–Crippen LogP) is 2.53. The molecule has 0 aromatic rings. The summed E-state index contributed by atoms with van der Waals surface area (Å²) in [5.41, 5.74) is 0. The number of carboxylic acids is 1. The van der Waals surface area contributed by atoms with Gasteiger partial charge in [-0.1, -0.05) is 26.7 Å². The normalized spacial score (nSPS) is 30.6. The maximum absolute atomic E-state index is 10.9. The Morgan fingerprint density at radius 2 is 1.92 bits per heavy atom. The standard InChI is InChI=1S/C10H18O2/c1-7(2)8-5-3-4-6-9(8)10(11)12/h7-9H,3-6H2,1-2H3,(H,11,12). The third-order valence-electron chi connectivity index (χ3n) is 2.99. The van der Waals surface area contributed by atoms with E-state index in [4.69, 9.17) is 5.11 Å². The first-order valence-corrected chi connectivity index (χ1v) is 4.85. The minimum Gasteiger partial charge on any atom is -0.481 e. The fourth-order valence-electron chi connectivity index (χ4n) is 2.26. The molecule has 70 valence electrons. The maximum Gasteiger partial charge on any atom is 0.306 e. The van der Waals surface area contributed by atoms with Gasteiger partial charge in [-0.3, -0.25) is 4.79 Å². The van der Waals surface area contributed by atoms with E-state index in [0.29, 0.717) is 11.8 Å². The van der Waals surface area contributed by atoms with Crippen molar-refractivity contribution in [2.75, 3.05) is 0 Å². The second kappa shape index (κ2) is 3.92. The highest BCUT2D eigenvalue weighted by Gasteiger charge is 2.32. The molecule has 1 saturated carbocycles. The van der Waals surface area contributed by atoms with Crippen LogP contribution in [0.15, 0.2) is 0 Å². The molecule has 1 N–H and O–H groups in total. The Morgan fingerprint density at radius 3 is 2.33 bits per heavy atom. The van der Waals surface area contributed by atoms with E-state index >= 15 is 0 Å². The number of carboxylic acid groups (broad SMARTS) is 1. The highest BCUT2D eigenvalue weighted by Crippen LogP contribution is 2.34. The molecule has 0 aliphatic heterocycles. The molecule has 2 heteroatoms. The molecule has 0 bridgehead atoms. The van der Waals surface area contributed by atoms with Gasteiger partial charge in [0.1, 0.15) is 0 Å². The molecule has 2 unspecified atom stereocenters. The number of hydrogen-bond donors (Lipinski definition) is 1. The maximum atomic E-state index is 10.9. The Balaban J connectivity index is 2.60. The highest BCUT2D eigenvalue weighted by atomic mass is 16.4. The largest absolute Gasteiger partial charge is 0.481 e. The Kier molecular flexibility index (Phi) is 3.12. The van der Waals surface area contributed by atoms with Gasteiger partial charge in [0.05, 0.1) is 5.92 Å². The topological polar surface area (TPSA) is 37.3 Å². The van der Waals surface area contributed by atoms with Crippen molar-refractivity contribution in [2.24, 2.45) is 17.8 Å². The molecule has 0 aromatic heterocycles. The molecule has 0 saturated heterocycles. The molecule has 1 aliphatic rings. The lowest BCUT2D eigenvalue weighted by Gasteiger charge is -2.31. The van der Waals surface area contributed by atoms with Crippen LogP contribution in [0.4, 0.5) is 0 Å². The molecule has 1 fully saturated rings. The van der Waals surface area contributed by atoms with E-state index in [2.05, 4.69) is 13.8 Å². The number of rotatable bonds is 2. The van der Waals surface area contributed by atoms with Gasteiger partial charge in [-0.15, -0.1) is 0 Å². The first kappa shape index (κ1) is 9.56. The molecule has 0 aromatic carbocycles.